The van der Waals surface area contributed by atoms with Crippen molar-refractivity contribution in [2.75, 3.05) is 7.11 Å². The van der Waals surface area contributed by atoms with Gasteiger partial charge in [0, 0.05) is 11.2 Å². The number of benzene rings is 1. The van der Waals surface area contributed by atoms with Gasteiger partial charge in [0.05, 0.1) is 23.4 Å². The van der Waals surface area contributed by atoms with E-state index in [-0.39, 0.29) is 0 Å². The Bertz CT molecular complexity index is 794. The highest BCUT2D eigenvalue weighted by molar-refractivity contribution is 6.31. The molecule has 0 aliphatic carbocycles. The zero-order chi connectivity index (χ0) is 15.7. The molecule has 0 fully saturated rings. The molecule has 0 saturated heterocycles. The lowest BCUT2D eigenvalue weighted by Gasteiger charge is -2.04. The van der Waals surface area contributed by atoms with E-state index in [2.05, 4.69) is 15.2 Å². The van der Waals surface area contributed by atoms with Crippen LogP contribution in [0.3, 0.4) is 0 Å². The van der Waals surface area contributed by atoms with E-state index in [1.165, 1.54) is 0 Å². The predicted octanol–water partition coefficient (Wildman–Crippen LogP) is 3.61. The molecule has 1 aromatic carbocycles. The largest absolute Gasteiger partial charge is 0.496 e. The summed E-state index contributed by atoms with van der Waals surface area (Å²) < 4.78 is 12.2. The molecular weight excluding hydrogens is 327 g/mol. The van der Waals surface area contributed by atoms with E-state index in [1.807, 2.05) is 6.92 Å². The van der Waals surface area contributed by atoms with Gasteiger partial charge in [-0.1, -0.05) is 28.4 Å². The first-order chi connectivity index (χ1) is 10.6. The quantitative estimate of drug-likeness (QED) is 0.726. The number of aromatic nitrogens is 4. The maximum absolute atomic E-state index is 6.01. The number of hydrogen-bond donors (Lipinski definition) is 0. The second kappa shape index (κ2) is 5.98. The summed E-state index contributed by atoms with van der Waals surface area (Å²) >= 11 is 12.0. The van der Waals surface area contributed by atoms with Crippen LogP contribution in [0.1, 0.15) is 11.6 Å². The van der Waals surface area contributed by atoms with Crippen LogP contribution in [0.15, 0.2) is 28.9 Å². The molecule has 0 atom stereocenters. The van der Waals surface area contributed by atoms with Crippen LogP contribution in [0, 0.1) is 6.92 Å². The topological polar surface area (TPSA) is 66.0 Å². The van der Waals surface area contributed by atoms with Crippen molar-refractivity contribution in [3.63, 3.8) is 0 Å². The molecule has 2 aromatic heterocycles. The standard InChI is InChI=1S/C14H12Cl2N4O2/c1-8-11(16)6-20(18-8)7-13-17-14(19-22-13)10-5-9(15)3-4-12(10)21-2/h3-6H,7H2,1-2H3. The molecule has 6 nitrogen and oxygen atoms in total. The molecule has 3 aromatic rings. The van der Waals surface area contributed by atoms with Gasteiger partial charge in [-0.3, -0.25) is 4.68 Å². The summed E-state index contributed by atoms with van der Waals surface area (Å²) in [4.78, 5) is 4.34. The molecule has 22 heavy (non-hydrogen) atoms. The minimum absolute atomic E-state index is 0.337. The number of rotatable bonds is 4. The van der Waals surface area contributed by atoms with Crippen LogP contribution in [0.2, 0.25) is 10.0 Å². The fraction of sp³-hybridized carbons (Fsp3) is 0.214. The van der Waals surface area contributed by atoms with Crippen LogP contribution < -0.4 is 4.74 Å². The van der Waals surface area contributed by atoms with Crippen molar-refractivity contribution in [1.29, 1.82) is 0 Å². The van der Waals surface area contributed by atoms with Crippen molar-refractivity contribution in [1.82, 2.24) is 19.9 Å². The average Bonchev–Trinajstić information content (AvgIpc) is 3.07. The van der Waals surface area contributed by atoms with E-state index < -0.39 is 0 Å². The minimum Gasteiger partial charge on any atom is -0.496 e. The zero-order valence-corrected chi connectivity index (χ0v) is 13.4. The Kier molecular flexibility index (Phi) is 4.04. The monoisotopic (exact) mass is 338 g/mol. The second-order valence-corrected chi connectivity index (χ2v) is 5.46. The van der Waals surface area contributed by atoms with Crippen molar-refractivity contribution in [2.45, 2.75) is 13.5 Å². The lowest BCUT2D eigenvalue weighted by Crippen LogP contribution is -2.00. The fourth-order valence-corrected chi connectivity index (χ4v) is 2.32. The van der Waals surface area contributed by atoms with Crippen LogP contribution in [0.25, 0.3) is 11.4 Å². The number of ether oxygens (including phenoxy) is 1. The SMILES string of the molecule is COc1ccc(Cl)cc1-c1noc(Cn2cc(Cl)c(C)n2)n1. The number of nitrogens with zero attached hydrogens (tertiary/aromatic N) is 4. The minimum atomic E-state index is 0.337. The lowest BCUT2D eigenvalue weighted by atomic mass is 10.2. The number of halogens is 2. The van der Waals surface area contributed by atoms with Crippen LogP contribution >= 0.6 is 23.2 Å². The summed E-state index contributed by atoms with van der Waals surface area (Å²) in [5.74, 6) is 1.44. The first-order valence-electron chi connectivity index (χ1n) is 6.43. The molecule has 0 aliphatic rings. The Morgan fingerprint density at radius 3 is 2.82 bits per heavy atom. The van der Waals surface area contributed by atoms with Gasteiger partial charge in [0.1, 0.15) is 12.3 Å². The summed E-state index contributed by atoms with van der Waals surface area (Å²) in [5.41, 5.74) is 1.41. The zero-order valence-electron chi connectivity index (χ0n) is 11.9. The Morgan fingerprint density at radius 1 is 1.32 bits per heavy atom. The molecule has 2 heterocycles. The van der Waals surface area contributed by atoms with Crippen LogP contribution in [0.5, 0.6) is 5.75 Å². The van der Waals surface area contributed by atoms with Crippen molar-refractivity contribution >= 4 is 23.2 Å². The van der Waals surface area contributed by atoms with E-state index in [0.717, 1.165) is 5.69 Å². The molecule has 8 heteroatoms. The Balaban J connectivity index is 1.89. The molecule has 0 saturated carbocycles. The van der Waals surface area contributed by atoms with Crippen molar-refractivity contribution in [3.05, 3.63) is 46.0 Å². The molecule has 0 spiro atoms. The molecule has 0 bridgehead atoms. The Labute approximate surface area is 136 Å². The second-order valence-electron chi connectivity index (χ2n) is 4.62. The highest BCUT2D eigenvalue weighted by Gasteiger charge is 2.15. The van der Waals surface area contributed by atoms with E-state index in [4.69, 9.17) is 32.5 Å². The van der Waals surface area contributed by atoms with Crippen LogP contribution in [-0.2, 0) is 6.54 Å². The third-order valence-corrected chi connectivity index (χ3v) is 3.66. The highest BCUT2D eigenvalue weighted by Crippen LogP contribution is 2.30. The smallest absolute Gasteiger partial charge is 0.248 e. The van der Waals surface area contributed by atoms with Crippen LogP contribution in [-0.4, -0.2) is 27.0 Å². The fourth-order valence-electron chi connectivity index (χ4n) is 2.00. The molecular formula is C14H12Cl2N4O2. The van der Waals surface area contributed by atoms with Crippen molar-refractivity contribution in [3.8, 4) is 17.1 Å². The molecule has 114 valence electrons. The third kappa shape index (κ3) is 2.93. The Hall–Kier alpha value is -2.05. The summed E-state index contributed by atoms with van der Waals surface area (Å²) in [6, 6.07) is 5.22. The highest BCUT2D eigenvalue weighted by atomic mass is 35.5. The van der Waals surface area contributed by atoms with E-state index >= 15 is 0 Å². The van der Waals surface area contributed by atoms with Gasteiger partial charge >= 0.3 is 0 Å². The number of hydrogen-bond acceptors (Lipinski definition) is 5. The summed E-state index contributed by atoms with van der Waals surface area (Å²) in [6.45, 7) is 2.17. The van der Waals surface area contributed by atoms with Gasteiger partial charge in [-0.05, 0) is 25.1 Å². The molecule has 0 unspecified atom stereocenters. The van der Waals surface area contributed by atoms with Gasteiger partial charge in [0.15, 0.2) is 0 Å². The van der Waals surface area contributed by atoms with Crippen molar-refractivity contribution in [2.24, 2.45) is 0 Å². The normalized spacial score (nSPS) is 10.9. The average molecular weight is 339 g/mol. The van der Waals surface area contributed by atoms with Gasteiger partial charge in [-0.15, -0.1) is 0 Å². The molecule has 0 radical (unpaired) electrons. The van der Waals surface area contributed by atoms with Gasteiger partial charge < -0.3 is 9.26 Å². The van der Waals surface area contributed by atoms with E-state index in [9.17, 15) is 0 Å². The van der Waals surface area contributed by atoms with E-state index in [0.29, 0.717) is 39.6 Å². The maximum atomic E-state index is 6.01. The number of methoxy groups -OCH3 is 1. The molecule has 0 N–H and O–H groups in total. The third-order valence-electron chi connectivity index (χ3n) is 3.05. The number of aryl methyl sites for hydroxylation is 1. The summed E-state index contributed by atoms with van der Waals surface area (Å²) in [7, 11) is 1.57. The maximum Gasteiger partial charge on any atom is 0.248 e. The first-order valence-corrected chi connectivity index (χ1v) is 7.18. The van der Waals surface area contributed by atoms with Gasteiger partial charge in [-0.25, -0.2) is 0 Å². The summed E-state index contributed by atoms with van der Waals surface area (Å²) in [5, 5.41) is 9.37. The molecule has 3 rings (SSSR count). The predicted molar refractivity (Wildman–Crippen MR) is 82.4 cm³/mol. The molecule has 0 aliphatic heterocycles. The molecule has 0 amide bonds. The van der Waals surface area contributed by atoms with E-state index in [1.54, 1.807) is 36.2 Å². The lowest BCUT2D eigenvalue weighted by molar-refractivity contribution is 0.365. The summed E-state index contributed by atoms with van der Waals surface area (Å²) in [6.07, 6.45) is 1.71. The van der Waals surface area contributed by atoms with Gasteiger partial charge in [0.2, 0.25) is 11.7 Å². The first kappa shape index (κ1) is 14.9. The van der Waals surface area contributed by atoms with Gasteiger partial charge in [-0.2, -0.15) is 10.1 Å². The van der Waals surface area contributed by atoms with Crippen LogP contribution in [0.4, 0.5) is 0 Å². The van der Waals surface area contributed by atoms with Crippen molar-refractivity contribution < 1.29 is 9.26 Å². The van der Waals surface area contributed by atoms with Gasteiger partial charge in [0.25, 0.3) is 0 Å². The Morgan fingerprint density at radius 2 is 2.14 bits per heavy atom.